The molecule has 1 unspecified atom stereocenters. The maximum Gasteiger partial charge on any atom is 0.165 e. The summed E-state index contributed by atoms with van der Waals surface area (Å²) in [5.74, 6) is 1.34. The Morgan fingerprint density at radius 1 is 0.966 bits per heavy atom. The highest BCUT2D eigenvalue weighted by atomic mass is 19.1. The predicted octanol–water partition coefficient (Wildman–Crippen LogP) is 3.72. The molecule has 4 aromatic rings. The lowest BCUT2D eigenvalue weighted by molar-refractivity contribution is 0.400. The van der Waals surface area contributed by atoms with Crippen molar-refractivity contribution in [1.29, 1.82) is 0 Å². The van der Waals surface area contributed by atoms with Crippen molar-refractivity contribution < 1.29 is 8.81 Å². The predicted molar refractivity (Wildman–Crippen MR) is 106 cm³/mol. The average molecular weight is 391 g/mol. The van der Waals surface area contributed by atoms with Gasteiger partial charge in [-0.25, -0.2) is 9.07 Å². The van der Waals surface area contributed by atoms with Gasteiger partial charge in [0.2, 0.25) is 0 Å². The molecule has 0 aliphatic rings. The summed E-state index contributed by atoms with van der Waals surface area (Å²) in [5, 5.41) is 15.6. The Morgan fingerprint density at radius 2 is 1.79 bits per heavy atom. The summed E-state index contributed by atoms with van der Waals surface area (Å²) in [4.78, 5) is 0. The molecular formula is C22H22FN5O. The van der Waals surface area contributed by atoms with E-state index in [-0.39, 0.29) is 11.9 Å². The third-order valence-corrected chi connectivity index (χ3v) is 4.81. The molecule has 7 heteroatoms. The maximum atomic E-state index is 13.2. The SMILES string of the molecule is Fc1ccc(CC(NCc2nnnn2CCc2ccccc2)c2ccco2)cc1. The van der Waals surface area contributed by atoms with E-state index in [1.165, 1.54) is 17.7 Å². The van der Waals surface area contributed by atoms with Crippen LogP contribution in [0.5, 0.6) is 0 Å². The van der Waals surface area contributed by atoms with Crippen LogP contribution >= 0.6 is 0 Å². The minimum absolute atomic E-state index is 0.0743. The second-order valence-electron chi connectivity index (χ2n) is 6.83. The van der Waals surface area contributed by atoms with Gasteiger partial charge < -0.3 is 4.42 Å². The highest BCUT2D eigenvalue weighted by Crippen LogP contribution is 2.20. The quantitative estimate of drug-likeness (QED) is 0.471. The van der Waals surface area contributed by atoms with Crippen LogP contribution in [0.4, 0.5) is 4.39 Å². The smallest absolute Gasteiger partial charge is 0.165 e. The molecule has 0 bridgehead atoms. The molecule has 0 amide bonds. The standard InChI is InChI=1S/C22H22FN5O/c23-19-10-8-18(9-11-19)15-20(21-7-4-14-29-21)24-16-22-25-26-27-28(22)13-12-17-5-2-1-3-6-17/h1-11,14,20,24H,12-13,15-16H2. The van der Waals surface area contributed by atoms with E-state index in [0.717, 1.165) is 23.6 Å². The fourth-order valence-corrected chi connectivity index (χ4v) is 3.24. The zero-order valence-electron chi connectivity index (χ0n) is 15.9. The second kappa shape index (κ2) is 9.25. The van der Waals surface area contributed by atoms with Gasteiger partial charge in [0, 0.05) is 6.54 Å². The van der Waals surface area contributed by atoms with Gasteiger partial charge in [-0.15, -0.1) is 5.10 Å². The van der Waals surface area contributed by atoms with E-state index < -0.39 is 0 Å². The summed E-state index contributed by atoms with van der Waals surface area (Å²) in [6.07, 6.45) is 3.17. The first-order valence-corrected chi connectivity index (χ1v) is 9.58. The van der Waals surface area contributed by atoms with Crippen LogP contribution in [0.2, 0.25) is 0 Å². The van der Waals surface area contributed by atoms with Gasteiger partial charge in [0.25, 0.3) is 0 Å². The minimum Gasteiger partial charge on any atom is -0.468 e. The van der Waals surface area contributed by atoms with Crippen LogP contribution in [-0.4, -0.2) is 20.2 Å². The van der Waals surface area contributed by atoms with Gasteiger partial charge in [-0.1, -0.05) is 42.5 Å². The third-order valence-electron chi connectivity index (χ3n) is 4.81. The lowest BCUT2D eigenvalue weighted by atomic mass is 10.0. The van der Waals surface area contributed by atoms with Crippen LogP contribution in [0.15, 0.2) is 77.4 Å². The van der Waals surface area contributed by atoms with Gasteiger partial charge in [-0.2, -0.15) is 0 Å². The molecule has 0 aliphatic heterocycles. The van der Waals surface area contributed by atoms with Gasteiger partial charge in [0.1, 0.15) is 11.6 Å². The summed E-state index contributed by atoms with van der Waals surface area (Å²) in [6, 6.07) is 20.5. The van der Waals surface area contributed by atoms with Gasteiger partial charge in [0.05, 0.1) is 18.8 Å². The van der Waals surface area contributed by atoms with Crippen molar-refractivity contribution in [1.82, 2.24) is 25.5 Å². The topological polar surface area (TPSA) is 68.8 Å². The number of hydrogen-bond acceptors (Lipinski definition) is 5. The normalized spacial score (nSPS) is 12.2. The highest BCUT2D eigenvalue weighted by Gasteiger charge is 2.17. The monoisotopic (exact) mass is 391 g/mol. The van der Waals surface area contributed by atoms with Crippen molar-refractivity contribution in [2.24, 2.45) is 0 Å². The van der Waals surface area contributed by atoms with Crippen molar-refractivity contribution >= 4 is 0 Å². The number of benzene rings is 2. The van der Waals surface area contributed by atoms with E-state index in [1.807, 2.05) is 35.0 Å². The fraction of sp³-hybridized carbons (Fsp3) is 0.227. The Labute approximate surface area is 168 Å². The van der Waals surface area contributed by atoms with E-state index in [1.54, 1.807) is 18.4 Å². The molecule has 148 valence electrons. The molecule has 0 spiro atoms. The zero-order chi connectivity index (χ0) is 19.9. The maximum absolute atomic E-state index is 13.2. The molecule has 4 rings (SSSR count). The second-order valence-corrected chi connectivity index (χ2v) is 6.83. The van der Waals surface area contributed by atoms with Crippen LogP contribution in [-0.2, 0) is 25.9 Å². The molecule has 0 aliphatic carbocycles. The fourth-order valence-electron chi connectivity index (χ4n) is 3.24. The van der Waals surface area contributed by atoms with E-state index in [4.69, 9.17) is 4.42 Å². The Hall–Kier alpha value is -3.32. The number of hydrogen-bond donors (Lipinski definition) is 1. The molecule has 0 fully saturated rings. The van der Waals surface area contributed by atoms with E-state index in [0.29, 0.717) is 19.5 Å². The molecule has 2 heterocycles. The zero-order valence-corrected chi connectivity index (χ0v) is 15.9. The highest BCUT2D eigenvalue weighted by molar-refractivity contribution is 5.19. The van der Waals surface area contributed by atoms with Gasteiger partial charge in [-0.05, 0) is 58.7 Å². The number of halogens is 1. The summed E-state index contributed by atoms with van der Waals surface area (Å²) >= 11 is 0. The van der Waals surface area contributed by atoms with Crippen LogP contribution in [0.1, 0.15) is 28.8 Å². The molecule has 1 N–H and O–H groups in total. The molecule has 2 aromatic heterocycles. The summed E-state index contributed by atoms with van der Waals surface area (Å²) in [6.45, 7) is 1.20. The first-order chi connectivity index (χ1) is 14.3. The van der Waals surface area contributed by atoms with E-state index in [9.17, 15) is 4.39 Å². The first kappa shape index (κ1) is 19.0. The number of aromatic nitrogens is 4. The van der Waals surface area contributed by atoms with Crippen LogP contribution in [0.3, 0.4) is 0 Å². The van der Waals surface area contributed by atoms with Crippen molar-refractivity contribution in [3.05, 3.63) is 102 Å². The molecule has 2 aromatic carbocycles. The number of nitrogens with zero attached hydrogens (tertiary/aromatic N) is 4. The third kappa shape index (κ3) is 5.14. The Morgan fingerprint density at radius 3 is 2.55 bits per heavy atom. The van der Waals surface area contributed by atoms with Gasteiger partial charge >= 0.3 is 0 Å². The Bertz CT molecular complexity index is 999. The molecule has 0 saturated heterocycles. The number of tetrazole rings is 1. The van der Waals surface area contributed by atoms with E-state index >= 15 is 0 Å². The lowest BCUT2D eigenvalue weighted by Gasteiger charge is -2.16. The van der Waals surface area contributed by atoms with Crippen LogP contribution in [0.25, 0.3) is 0 Å². The molecule has 1 atom stereocenters. The summed E-state index contributed by atoms with van der Waals surface area (Å²) in [7, 11) is 0. The Kier molecular flexibility index (Phi) is 6.07. The summed E-state index contributed by atoms with van der Waals surface area (Å²) in [5.41, 5.74) is 2.26. The minimum atomic E-state index is -0.242. The first-order valence-electron chi connectivity index (χ1n) is 9.58. The van der Waals surface area contributed by atoms with Crippen LogP contribution < -0.4 is 5.32 Å². The van der Waals surface area contributed by atoms with Crippen molar-refractivity contribution in [2.45, 2.75) is 32.0 Å². The van der Waals surface area contributed by atoms with Crippen molar-refractivity contribution in [3.63, 3.8) is 0 Å². The Balaban J connectivity index is 1.41. The number of rotatable bonds is 9. The number of aryl methyl sites for hydroxylation is 2. The summed E-state index contributed by atoms with van der Waals surface area (Å²) < 4.78 is 20.6. The van der Waals surface area contributed by atoms with Crippen molar-refractivity contribution in [2.75, 3.05) is 0 Å². The number of furan rings is 1. The largest absolute Gasteiger partial charge is 0.468 e. The lowest BCUT2D eigenvalue weighted by Crippen LogP contribution is -2.25. The molecule has 0 radical (unpaired) electrons. The van der Waals surface area contributed by atoms with Gasteiger partial charge in [0.15, 0.2) is 5.82 Å². The van der Waals surface area contributed by atoms with Crippen molar-refractivity contribution in [3.8, 4) is 0 Å². The van der Waals surface area contributed by atoms with Crippen LogP contribution in [0, 0.1) is 5.82 Å². The molecule has 29 heavy (non-hydrogen) atoms. The molecule has 6 nitrogen and oxygen atoms in total. The van der Waals surface area contributed by atoms with Gasteiger partial charge in [-0.3, -0.25) is 5.32 Å². The average Bonchev–Trinajstić information content (AvgIpc) is 3.44. The molecular weight excluding hydrogens is 369 g/mol. The molecule has 0 saturated carbocycles. The number of nitrogens with one attached hydrogen (secondary N) is 1. The van der Waals surface area contributed by atoms with E-state index in [2.05, 4.69) is 33.0 Å².